The minimum Gasteiger partial charge on any atom is -0.452 e. The summed E-state index contributed by atoms with van der Waals surface area (Å²) < 4.78 is 62.4. The topological polar surface area (TPSA) is 73.9 Å². The van der Waals surface area contributed by atoms with Crippen molar-refractivity contribution >= 4 is 18.0 Å². The molecule has 0 saturated heterocycles. The molecule has 10 heteroatoms. The van der Waals surface area contributed by atoms with E-state index in [1.807, 2.05) is 0 Å². The number of alkyl halides is 4. The lowest BCUT2D eigenvalue weighted by Crippen LogP contribution is -2.42. The Bertz CT molecular complexity index is 686. The molecule has 0 bridgehead atoms. The standard InChI is InChI=1S/C17H19F4NO5/c1-17(2,3)22-13(23)9-25-14(24)7-5-10-4-6-11(26-15(18)19)8-12(10)27-16(20)21/h4-8,15-16H,9H2,1-3H3,(H,22,23)/b7-5+. The van der Waals surface area contributed by atoms with Gasteiger partial charge in [-0.25, -0.2) is 4.79 Å². The fraction of sp³-hybridized carbons (Fsp3) is 0.412. The summed E-state index contributed by atoms with van der Waals surface area (Å²) in [6, 6.07) is 3.07. The lowest BCUT2D eigenvalue weighted by Gasteiger charge is -2.20. The van der Waals surface area contributed by atoms with Crippen LogP contribution >= 0.6 is 0 Å². The average molecular weight is 393 g/mol. The number of amides is 1. The Kier molecular flexibility index (Phi) is 8.07. The van der Waals surface area contributed by atoms with Gasteiger partial charge in [0, 0.05) is 23.2 Å². The van der Waals surface area contributed by atoms with Crippen LogP contribution in [0.4, 0.5) is 17.6 Å². The fourth-order valence-corrected chi connectivity index (χ4v) is 1.82. The number of hydrogen-bond acceptors (Lipinski definition) is 5. The minimum absolute atomic E-state index is 0.00647. The molecular formula is C17H19F4NO5. The largest absolute Gasteiger partial charge is 0.452 e. The van der Waals surface area contributed by atoms with Crippen LogP contribution in [-0.4, -0.2) is 37.2 Å². The summed E-state index contributed by atoms with van der Waals surface area (Å²) in [5.74, 6) is -2.29. The van der Waals surface area contributed by atoms with Crippen LogP contribution in [0.1, 0.15) is 26.3 Å². The van der Waals surface area contributed by atoms with Gasteiger partial charge in [-0.2, -0.15) is 17.6 Å². The molecule has 1 amide bonds. The molecule has 0 fully saturated rings. The molecule has 0 radical (unpaired) electrons. The van der Waals surface area contributed by atoms with Crippen LogP contribution in [0.2, 0.25) is 0 Å². The summed E-state index contributed by atoms with van der Waals surface area (Å²) in [5, 5.41) is 2.58. The molecule has 0 unspecified atom stereocenters. The summed E-state index contributed by atoms with van der Waals surface area (Å²) in [4.78, 5) is 23.2. The lowest BCUT2D eigenvalue weighted by molar-refractivity contribution is -0.144. The van der Waals surface area contributed by atoms with Crippen LogP contribution in [0.25, 0.3) is 6.08 Å². The Morgan fingerprint density at radius 3 is 2.30 bits per heavy atom. The highest BCUT2D eigenvalue weighted by Crippen LogP contribution is 2.28. The average Bonchev–Trinajstić information content (AvgIpc) is 2.49. The van der Waals surface area contributed by atoms with E-state index in [9.17, 15) is 27.2 Å². The molecule has 0 heterocycles. The summed E-state index contributed by atoms with van der Waals surface area (Å²) in [6.45, 7) is -1.63. The summed E-state index contributed by atoms with van der Waals surface area (Å²) >= 11 is 0. The van der Waals surface area contributed by atoms with E-state index in [0.717, 1.165) is 30.4 Å². The van der Waals surface area contributed by atoms with E-state index in [1.165, 1.54) is 0 Å². The lowest BCUT2D eigenvalue weighted by atomic mass is 10.1. The molecule has 0 aliphatic rings. The second-order valence-corrected chi connectivity index (χ2v) is 6.20. The Morgan fingerprint density at radius 2 is 1.74 bits per heavy atom. The number of carbonyl (C=O) groups excluding carboxylic acids is 2. The molecule has 0 atom stereocenters. The number of nitrogens with one attached hydrogen (secondary N) is 1. The Labute approximate surface area is 153 Å². The highest BCUT2D eigenvalue weighted by molar-refractivity contribution is 5.89. The van der Waals surface area contributed by atoms with Crippen LogP contribution in [0.15, 0.2) is 24.3 Å². The van der Waals surface area contributed by atoms with E-state index in [2.05, 4.69) is 14.8 Å². The monoisotopic (exact) mass is 393 g/mol. The summed E-state index contributed by atoms with van der Waals surface area (Å²) in [6.07, 6.45) is 1.96. The van der Waals surface area contributed by atoms with Gasteiger partial charge in [0.1, 0.15) is 11.5 Å². The number of halogens is 4. The Balaban J connectivity index is 2.77. The quantitative estimate of drug-likeness (QED) is 0.417. The third-order valence-electron chi connectivity index (χ3n) is 2.69. The first-order chi connectivity index (χ1) is 12.5. The van der Waals surface area contributed by atoms with Crippen LogP contribution < -0.4 is 14.8 Å². The second kappa shape index (κ2) is 9.79. The molecule has 0 spiro atoms. The van der Waals surface area contributed by atoms with Crippen molar-refractivity contribution in [2.24, 2.45) is 0 Å². The van der Waals surface area contributed by atoms with Crippen molar-refractivity contribution < 1.29 is 41.4 Å². The van der Waals surface area contributed by atoms with Crippen molar-refractivity contribution in [1.82, 2.24) is 5.32 Å². The van der Waals surface area contributed by atoms with Gasteiger partial charge in [0.15, 0.2) is 6.61 Å². The first-order valence-electron chi connectivity index (χ1n) is 7.66. The first-order valence-corrected chi connectivity index (χ1v) is 7.66. The third kappa shape index (κ3) is 9.47. The maximum Gasteiger partial charge on any atom is 0.387 e. The predicted octanol–water partition coefficient (Wildman–Crippen LogP) is 3.36. The molecule has 1 aromatic rings. The van der Waals surface area contributed by atoms with Gasteiger partial charge in [-0.3, -0.25) is 4.79 Å². The van der Waals surface area contributed by atoms with Crippen LogP contribution in [0.3, 0.4) is 0 Å². The van der Waals surface area contributed by atoms with E-state index in [1.54, 1.807) is 20.8 Å². The SMILES string of the molecule is CC(C)(C)NC(=O)COC(=O)/C=C/c1ccc(OC(F)F)cc1OC(F)F. The highest BCUT2D eigenvalue weighted by Gasteiger charge is 2.15. The van der Waals surface area contributed by atoms with Crippen LogP contribution in [-0.2, 0) is 14.3 Å². The number of esters is 1. The minimum atomic E-state index is -3.22. The number of benzene rings is 1. The highest BCUT2D eigenvalue weighted by atomic mass is 19.3. The molecule has 1 N–H and O–H groups in total. The van der Waals surface area contributed by atoms with Crippen molar-refractivity contribution in [2.45, 2.75) is 39.5 Å². The van der Waals surface area contributed by atoms with Gasteiger partial charge in [-0.1, -0.05) is 0 Å². The Morgan fingerprint density at radius 1 is 1.11 bits per heavy atom. The zero-order valence-electron chi connectivity index (χ0n) is 14.8. The van der Waals surface area contributed by atoms with Gasteiger partial charge in [0.2, 0.25) is 0 Å². The number of hydrogen-bond donors (Lipinski definition) is 1. The van der Waals surface area contributed by atoms with Gasteiger partial charge >= 0.3 is 19.2 Å². The zero-order valence-corrected chi connectivity index (χ0v) is 14.8. The summed E-state index contributed by atoms with van der Waals surface area (Å²) in [7, 11) is 0. The molecular weight excluding hydrogens is 374 g/mol. The molecule has 0 aliphatic heterocycles. The molecule has 0 aromatic heterocycles. The molecule has 1 aromatic carbocycles. The zero-order chi connectivity index (χ0) is 20.6. The van der Waals surface area contributed by atoms with Crippen molar-refractivity contribution in [1.29, 1.82) is 0 Å². The van der Waals surface area contributed by atoms with Gasteiger partial charge in [-0.15, -0.1) is 0 Å². The second-order valence-electron chi connectivity index (χ2n) is 6.20. The molecule has 0 saturated carbocycles. The summed E-state index contributed by atoms with van der Waals surface area (Å²) in [5.41, 5.74) is -0.504. The van der Waals surface area contributed by atoms with Crippen LogP contribution in [0, 0.1) is 0 Å². The van der Waals surface area contributed by atoms with E-state index in [-0.39, 0.29) is 11.3 Å². The smallest absolute Gasteiger partial charge is 0.387 e. The fourth-order valence-electron chi connectivity index (χ4n) is 1.82. The van der Waals surface area contributed by atoms with E-state index >= 15 is 0 Å². The van der Waals surface area contributed by atoms with Crippen LogP contribution in [0.5, 0.6) is 11.5 Å². The van der Waals surface area contributed by atoms with Gasteiger partial charge in [0.05, 0.1) is 0 Å². The molecule has 6 nitrogen and oxygen atoms in total. The molecule has 27 heavy (non-hydrogen) atoms. The maximum absolute atomic E-state index is 12.5. The number of rotatable bonds is 8. The van der Waals surface area contributed by atoms with Crippen molar-refractivity contribution in [2.75, 3.05) is 6.61 Å². The van der Waals surface area contributed by atoms with Gasteiger partial charge in [0.25, 0.3) is 5.91 Å². The van der Waals surface area contributed by atoms with E-state index in [0.29, 0.717) is 0 Å². The predicted molar refractivity (Wildman–Crippen MR) is 87.6 cm³/mol. The van der Waals surface area contributed by atoms with Gasteiger partial charge in [-0.05, 0) is 39.0 Å². The molecule has 150 valence electrons. The molecule has 1 rings (SSSR count). The third-order valence-corrected chi connectivity index (χ3v) is 2.69. The van der Waals surface area contributed by atoms with Gasteiger partial charge < -0.3 is 19.5 Å². The van der Waals surface area contributed by atoms with Crippen molar-refractivity contribution in [3.63, 3.8) is 0 Å². The van der Waals surface area contributed by atoms with E-state index < -0.39 is 43.0 Å². The Hall–Kier alpha value is -2.78. The number of ether oxygens (including phenoxy) is 3. The van der Waals surface area contributed by atoms with Crippen molar-refractivity contribution in [3.8, 4) is 11.5 Å². The molecule has 0 aliphatic carbocycles. The van der Waals surface area contributed by atoms with E-state index in [4.69, 9.17) is 4.74 Å². The normalized spacial score (nSPS) is 11.7. The van der Waals surface area contributed by atoms with Crippen molar-refractivity contribution in [3.05, 3.63) is 29.8 Å². The maximum atomic E-state index is 12.5. The number of carbonyl (C=O) groups is 2. The first kappa shape index (κ1) is 22.3.